The highest BCUT2D eigenvalue weighted by Crippen LogP contribution is 2.32. The van der Waals surface area contributed by atoms with Crippen LogP contribution in [0.5, 0.6) is 5.75 Å². The highest BCUT2D eigenvalue weighted by Gasteiger charge is 2.20. The van der Waals surface area contributed by atoms with E-state index in [-0.39, 0.29) is 11.8 Å². The summed E-state index contributed by atoms with van der Waals surface area (Å²) in [5.41, 5.74) is 4.07. The molecule has 0 bridgehead atoms. The van der Waals surface area contributed by atoms with E-state index in [0.29, 0.717) is 5.56 Å². The zero-order chi connectivity index (χ0) is 15.4. The molecule has 0 saturated carbocycles. The third-order valence-corrected chi connectivity index (χ3v) is 3.69. The number of halogens is 2. The average molecular weight is 291 g/mol. The molecule has 0 aliphatic heterocycles. The molecule has 0 fully saturated rings. The van der Waals surface area contributed by atoms with Crippen LogP contribution >= 0.6 is 0 Å². The summed E-state index contributed by atoms with van der Waals surface area (Å²) in [5, 5.41) is 3.19. The van der Waals surface area contributed by atoms with Crippen molar-refractivity contribution < 1.29 is 13.5 Å². The van der Waals surface area contributed by atoms with Crippen LogP contribution in [-0.4, -0.2) is 13.7 Å². The zero-order valence-electron chi connectivity index (χ0n) is 12.4. The minimum Gasteiger partial charge on any atom is -0.434 e. The van der Waals surface area contributed by atoms with Crippen molar-refractivity contribution in [3.05, 3.63) is 64.7 Å². The molecule has 0 spiro atoms. The van der Waals surface area contributed by atoms with Gasteiger partial charge in [0, 0.05) is 5.56 Å². The van der Waals surface area contributed by atoms with Crippen molar-refractivity contribution in [3.8, 4) is 5.75 Å². The molecule has 1 unspecified atom stereocenters. The fraction of sp³-hybridized carbons (Fsp3) is 0.294. The number of nitrogens with one attached hydrogen (secondary N) is 1. The lowest BCUT2D eigenvalue weighted by molar-refractivity contribution is -0.0506. The van der Waals surface area contributed by atoms with E-state index in [0.717, 1.165) is 11.1 Å². The molecule has 2 nitrogen and oxygen atoms in total. The third kappa shape index (κ3) is 3.39. The predicted octanol–water partition coefficient (Wildman–Crippen LogP) is 4.21. The van der Waals surface area contributed by atoms with E-state index < -0.39 is 6.61 Å². The summed E-state index contributed by atoms with van der Waals surface area (Å²) in [6.45, 7) is 1.24. The number of hydrogen-bond donors (Lipinski definition) is 1. The van der Waals surface area contributed by atoms with Crippen molar-refractivity contribution in [2.75, 3.05) is 7.05 Å². The Labute approximate surface area is 123 Å². The van der Waals surface area contributed by atoms with Crippen LogP contribution < -0.4 is 10.1 Å². The van der Waals surface area contributed by atoms with Gasteiger partial charge in [-0.25, -0.2) is 0 Å². The summed E-state index contributed by atoms with van der Waals surface area (Å²) in [7, 11) is 1.81. The maximum absolute atomic E-state index is 12.6. The van der Waals surface area contributed by atoms with Crippen molar-refractivity contribution in [2.45, 2.75) is 26.5 Å². The fourth-order valence-corrected chi connectivity index (χ4v) is 2.49. The third-order valence-electron chi connectivity index (χ3n) is 3.69. The molecule has 0 aliphatic carbocycles. The van der Waals surface area contributed by atoms with Crippen molar-refractivity contribution in [3.63, 3.8) is 0 Å². The first-order chi connectivity index (χ1) is 10.0. The molecule has 112 valence electrons. The summed E-state index contributed by atoms with van der Waals surface area (Å²) in [6, 6.07) is 12.7. The van der Waals surface area contributed by atoms with Crippen LogP contribution in [0, 0.1) is 13.8 Å². The zero-order valence-corrected chi connectivity index (χ0v) is 12.4. The molecule has 1 N–H and O–H groups in total. The molecule has 2 rings (SSSR count). The second-order valence-electron chi connectivity index (χ2n) is 4.93. The van der Waals surface area contributed by atoms with Gasteiger partial charge in [-0.1, -0.05) is 36.4 Å². The lowest BCUT2D eigenvalue weighted by atomic mass is 9.92. The molecule has 0 saturated heterocycles. The van der Waals surface area contributed by atoms with Crippen LogP contribution in [0.4, 0.5) is 8.78 Å². The molecule has 0 amide bonds. The van der Waals surface area contributed by atoms with E-state index >= 15 is 0 Å². The summed E-state index contributed by atoms with van der Waals surface area (Å²) in [5.74, 6) is 0.202. The van der Waals surface area contributed by atoms with Crippen molar-refractivity contribution >= 4 is 0 Å². The van der Waals surface area contributed by atoms with Crippen LogP contribution in [0.25, 0.3) is 0 Å². The number of ether oxygens (including phenoxy) is 1. The van der Waals surface area contributed by atoms with E-state index in [2.05, 4.69) is 10.1 Å². The van der Waals surface area contributed by atoms with Gasteiger partial charge < -0.3 is 10.1 Å². The van der Waals surface area contributed by atoms with Gasteiger partial charge in [-0.15, -0.1) is 0 Å². The Morgan fingerprint density at radius 3 is 2.29 bits per heavy atom. The number of benzene rings is 2. The molecule has 2 aromatic carbocycles. The van der Waals surface area contributed by atoms with Gasteiger partial charge in [0.15, 0.2) is 0 Å². The quantitative estimate of drug-likeness (QED) is 0.891. The Kier molecular flexibility index (Phi) is 4.91. The van der Waals surface area contributed by atoms with E-state index in [9.17, 15) is 8.78 Å². The minimum atomic E-state index is -2.83. The van der Waals surface area contributed by atoms with Gasteiger partial charge in [-0.3, -0.25) is 0 Å². The van der Waals surface area contributed by atoms with Gasteiger partial charge in [-0.2, -0.15) is 8.78 Å². The largest absolute Gasteiger partial charge is 0.434 e. The second kappa shape index (κ2) is 6.68. The number of alkyl halides is 2. The van der Waals surface area contributed by atoms with Gasteiger partial charge in [-0.05, 0) is 43.7 Å². The Hall–Kier alpha value is -1.94. The normalized spacial score (nSPS) is 12.5. The summed E-state index contributed by atoms with van der Waals surface area (Å²) in [4.78, 5) is 0. The maximum atomic E-state index is 12.6. The molecule has 0 heterocycles. The van der Waals surface area contributed by atoms with Crippen molar-refractivity contribution in [2.24, 2.45) is 0 Å². The first kappa shape index (κ1) is 15.4. The smallest absolute Gasteiger partial charge is 0.387 e. The lowest BCUT2D eigenvalue weighted by Gasteiger charge is -2.22. The van der Waals surface area contributed by atoms with Crippen molar-refractivity contribution in [1.29, 1.82) is 0 Å². The van der Waals surface area contributed by atoms with Gasteiger partial charge >= 0.3 is 6.61 Å². The first-order valence-electron chi connectivity index (χ1n) is 6.81. The molecule has 1 atom stereocenters. The fourth-order valence-electron chi connectivity index (χ4n) is 2.49. The number of hydrogen-bond acceptors (Lipinski definition) is 2. The van der Waals surface area contributed by atoms with Crippen LogP contribution in [0.15, 0.2) is 42.5 Å². The number of para-hydroxylation sites is 1. The monoisotopic (exact) mass is 291 g/mol. The molecule has 2 aromatic rings. The summed E-state index contributed by atoms with van der Waals surface area (Å²) < 4.78 is 29.8. The maximum Gasteiger partial charge on any atom is 0.387 e. The summed E-state index contributed by atoms with van der Waals surface area (Å²) >= 11 is 0. The van der Waals surface area contributed by atoms with Gasteiger partial charge in [0.25, 0.3) is 0 Å². The molecule has 0 aromatic heterocycles. The molecule has 4 heteroatoms. The number of aryl methyl sites for hydroxylation is 1. The first-order valence-corrected chi connectivity index (χ1v) is 6.81. The van der Waals surface area contributed by atoms with Crippen LogP contribution in [0.2, 0.25) is 0 Å². The Bertz CT molecular complexity index is 613. The van der Waals surface area contributed by atoms with Gasteiger partial charge in [0.05, 0.1) is 6.04 Å². The average Bonchev–Trinajstić information content (AvgIpc) is 2.45. The Morgan fingerprint density at radius 2 is 1.62 bits per heavy atom. The lowest BCUT2D eigenvalue weighted by Crippen LogP contribution is -2.20. The van der Waals surface area contributed by atoms with Crippen LogP contribution in [0.3, 0.4) is 0 Å². The van der Waals surface area contributed by atoms with Crippen LogP contribution in [0.1, 0.15) is 28.3 Å². The SMILES string of the molecule is CNC(c1ccccc1OC(F)F)c1cccc(C)c1C. The minimum absolute atomic E-state index is 0.195. The molecular weight excluding hydrogens is 272 g/mol. The molecule has 21 heavy (non-hydrogen) atoms. The Morgan fingerprint density at radius 1 is 0.952 bits per heavy atom. The second-order valence-corrected chi connectivity index (χ2v) is 4.93. The van der Waals surface area contributed by atoms with E-state index in [1.807, 2.05) is 45.2 Å². The van der Waals surface area contributed by atoms with Crippen LogP contribution in [-0.2, 0) is 0 Å². The molecule has 0 radical (unpaired) electrons. The van der Waals surface area contributed by atoms with E-state index in [1.165, 1.54) is 5.56 Å². The number of rotatable bonds is 5. The standard InChI is InChI=1S/C17H19F2NO/c1-11-7-6-9-13(12(11)2)16(20-3)14-8-4-5-10-15(14)21-17(18)19/h4-10,16-17,20H,1-3H3. The highest BCUT2D eigenvalue weighted by atomic mass is 19.3. The molecule has 0 aliphatic rings. The van der Waals surface area contributed by atoms with E-state index in [4.69, 9.17) is 0 Å². The predicted molar refractivity (Wildman–Crippen MR) is 79.9 cm³/mol. The Balaban J connectivity index is 2.49. The van der Waals surface area contributed by atoms with Gasteiger partial charge in [0.1, 0.15) is 5.75 Å². The van der Waals surface area contributed by atoms with Crippen molar-refractivity contribution in [1.82, 2.24) is 5.32 Å². The van der Waals surface area contributed by atoms with Gasteiger partial charge in [0.2, 0.25) is 0 Å². The summed E-state index contributed by atoms with van der Waals surface area (Å²) in [6.07, 6.45) is 0. The topological polar surface area (TPSA) is 21.3 Å². The van der Waals surface area contributed by atoms with E-state index in [1.54, 1.807) is 18.2 Å². The molecular formula is C17H19F2NO. The highest BCUT2D eigenvalue weighted by molar-refractivity contribution is 5.45.